The molecule has 0 aliphatic carbocycles. The van der Waals surface area contributed by atoms with Crippen molar-refractivity contribution in [1.29, 1.82) is 0 Å². The third-order valence-electron chi connectivity index (χ3n) is 1.99. The minimum absolute atomic E-state index is 0.144. The summed E-state index contributed by atoms with van der Waals surface area (Å²) < 4.78 is 0. The van der Waals surface area contributed by atoms with Crippen molar-refractivity contribution in [2.75, 3.05) is 12.3 Å². The van der Waals surface area contributed by atoms with Gasteiger partial charge in [-0.3, -0.25) is 9.78 Å². The number of rotatable bonds is 4. The summed E-state index contributed by atoms with van der Waals surface area (Å²) in [6, 6.07) is 1.63. The number of aryl methyl sites for hydroxylation is 1. The van der Waals surface area contributed by atoms with E-state index in [1.807, 2.05) is 0 Å². The van der Waals surface area contributed by atoms with Crippen LogP contribution in [0.1, 0.15) is 22.5 Å². The lowest BCUT2D eigenvalue weighted by atomic mass is 10.2. The van der Waals surface area contributed by atoms with Gasteiger partial charge in [0.05, 0.1) is 23.1 Å². The largest absolute Gasteiger partial charge is 0.397 e. The van der Waals surface area contributed by atoms with Crippen LogP contribution >= 0.6 is 0 Å². The van der Waals surface area contributed by atoms with Gasteiger partial charge in [0.25, 0.3) is 5.91 Å². The Morgan fingerprint density at radius 3 is 3.13 bits per heavy atom. The van der Waals surface area contributed by atoms with Crippen molar-refractivity contribution in [2.45, 2.75) is 13.3 Å². The van der Waals surface area contributed by atoms with Gasteiger partial charge in [-0.1, -0.05) is 6.08 Å². The normalized spacial score (nSPS) is 9.67. The van der Waals surface area contributed by atoms with E-state index in [2.05, 4.69) is 16.9 Å². The van der Waals surface area contributed by atoms with E-state index < -0.39 is 0 Å². The third kappa shape index (κ3) is 3.09. The van der Waals surface area contributed by atoms with Crippen molar-refractivity contribution < 1.29 is 4.79 Å². The van der Waals surface area contributed by atoms with Gasteiger partial charge in [-0.05, 0) is 19.4 Å². The summed E-state index contributed by atoms with van der Waals surface area (Å²) in [5, 5.41) is 2.76. The van der Waals surface area contributed by atoms with E-state index in [1.165, 1.54) is 6.20 Å². The number of amides is 1. The molecule has 4 heteroatoms. The van der Waals surface area contributed by atoms with Crippen LogP contribution in [0.2, 0.25) is 0 Å². The molecular formula is C11H15N3O. The monoisotopic (exact) mass is 205 g/mol. The molecule has 1 aromatic heterocycles. The van der Waals surface area contributed by atoms with Crippen LogP contribution in [-0.2, 0) is 0 Å². The fraction of sp³-hybridized carbons (Fsp3) is 0.273. The first kappa shape index (κ1) is 11.2. The summed E-state index contributed by atoms with van der Waals surface area (Å²) in [6.45, 7) is 5.94. The number of pyridine rings is 1. The van der Waals surface area contributed by atoms with Gasteiger partial charge in [-0.15, -0.1) is 6.58 Å². The first-order valence-corrected chi connectivity index (χ1v) is 4.76. The SMILES string of the molecule is C=CCCNC(=O)c1cc(N)cnc1C. The number of aromatic nitrogens is 1. The van der Waals surface area contributed by atoms with E-state index in [4.69, 9.17) is 5.73 Å². The van der Waals surface area contributed by atoms with Crippen LogP contribution in [0.15, 0.2) is 24.9 Å². The van der Waals surface area contributed by atoms with Gasteiger partial charge in [0, 0.05) is 6.54 Å². The van der Waals surface area contributed by atoms with Gasteiger partial charge >= 0.3 is 0 Å². The lowest BCUT2D eigenvalue weighted by Gasteiger charge is -2.06. The molecule has 0 unspecified atom stereocenters. The summed E-state index contributed by atoms with van der Waals surface area (Å²) in [7, 11) is 0. The molecule has 1 heterocycles. The quantitative estimate of drug-likeness (QED) is 0.574. The molecule has 0 saturated heterocycles. The Labute approximate surface area is 89.2 Å². The topological polar surface area (TPSA) is 68.0 Å². The third-order valence-corrected chi connectivity index (χ3v) is 1.99. The van der Waals surface area contributed by atoms with Crippen LogP contribution in [0.3, 0.4) is 0 Å². The smallest absolute Gasteiger partial charge is 0.253 e. The number of nitrogen functional groups attached to an aromatic ring is 1. The average Bonchev–Trinajstić information content (AvgIpc) is 2.22. The highest BCUT2D eigenvalue weighted by atomic mass is 16.1. The average molecular weight is 205 g/mol. The highest BCUT2D eigenvalue weighted by molar-refractivity contribution is 5.95. The molecular weight excluding hydrogens is 190 g/mol. The zero-order valence-electron chi connectivity index (χ0n) is 8.79. The molecule has 0 aromatic carbocycles. The fourth-order valence-electron chi connectivity index (χ4n) is 1.16. The Kier molecular flexibility index (Phi) is 3.85. The minimum atomic E-state index is -0.144. The lowest BCUT2D eigenvalue weighted by molar-refractivity contribution is 0.0953. The number of nitrogens with two attached hydrogens (primary N) is 1. The lowest BCUT2D eigenvalue weighted by Crippen LogP contribution is -2.25. The molecule has 0 fully saturated rings. The van der Waals surface area contributed by atoms with Gasteiger partial charge in [0.2, 0.25) is 0 Å². The van der Waals surface area contributed by atoms with Crippen LogP contribution in [0, 0.1) is 6.92 Å². The highest BCUT2D eigenvalue weighted by Crippen LogP contribution is 2.08. The summed E-state index contributed by atoms with van der Waals surface area (Å²) in [5.74, 6) is -0.144. The van der Waals surface area contributed by atoms with Crippen LogP contribution in [0.25, 0.3) is 0 Å². The molecule has 15 heavy (non-hydrogen) atoms. The summed E-state index contributed by atoms with van der Waals surface area (Å²) in [6.07, 6.45) is 4.04. The molecule has 0 radical (unpaired) electrons. The molecule has 0 saturated carbocycles. The van der Waals surface area contributed by atoms with Gasteiger partial charge in [0.15, 0.2) is 0 Å². The van der Waals surface area contributed by atoms with Crippen molar-refractivity contribution in [2.24, 2.45) is 0 Å². The molecule has 80 valence electrons. The van der Waals surface area contributed by atoms with Gasteiger partial charge in [-0.25, -0.2) is 0 Å². The molecule has 3 N–H and O–H groups in total. The van der Waals surface area contributed by atoms with E-state index in [9.17, 15) is 4.79 Å². The molecule has 0 bridgehead atoms. The molecule has 4 nitrogen and oxygen atoms in total. The zero-order valence-corrected chi connectivity index (χ0v) is 8.79. The number of nitrogens with zero attached hydrogens (tertiary/aromatic N) is 1. The molecule has 1 aromatic rings. The van der Waals surface area contributed by atoms with Crippen LogP contribution in [0.4, 0.5) is 5.69 Å². The highest BCUT2D eigenvalue weighted by Gasteiger charge is 2.09. The number of hydrogen-bond donors (Lipinski definition) is 2. The maximum Gasteiger partial charge on any atom is 0.253 e. The number of carbonyl (C=O) groups is 1. The van der Waals surface area contributed by atoms with Gasteiger partial charge in [0.1, 0.15) is 0 Å². The van der Waals surface area contributed by atoms with Crippen LogP contribution in [0.5, 0.6) is 0 Å². The standard InChI is InChI=1S/C11H15N3O/c1-3-4-5-13-11(15)10-6-9(12)7-14-8(10)2/h3,6-7H,1,4-5,12H2,2H3,(H,13,15). The van der Waals surface area contributed by atoms with Crippen molar-refractivity contribution >= 4 is 11.6 Å². The maximum atomic E-state index is 11.7. The molecule has 1 amide bonds. The number of carbonyl (C=O) groups excluding carboxylic acids is 1. The fourth-order valence-corrected chi connectivity index (χ4v) is 1.16. The van der Waals surface area contributed by atoms with Crippen molar-refractivity contribution in [3.63, 3.8) is 0 Å². The van der Waals surface area contributed by atoms with E-state index in [1.54, 1.807) is 19.1 Å². The Hall–Kier alpha value is -1.84. The summed E-state index contributed by atoms with van der Waals surface area (Å²) in [5.41, 5.74) is 7.26. The predicted molar refractivity (Wildman–Crippen MR) is 60.5 cm³/mol. The van der Waals surface area contributed by atoms with Gasteiger partial charge < -0.3 is 11.1 Å². The zero-order chi connectivity index (χ0) is 11.3. The Balaban J connectivity index is 2.72. The van der Waals surface area contributed by atoms with Gasteiger partial charge in [-0.2, -0.15) is 0 Å². The Bertz CT molecular complexity index is 374. The first-order valence-electron chi connectivity index (χ1n) is 4.76. The Morgan fingerprint density at radius 2 is 2.47 bits per heavy atom. The minimum Gasteiger partial charge on any atom is -0.397 e. The van der Waals surface area contributed by atoms with Crippen LogP contribution < -0.4 is 11.1 Å². The number of hydrogen-bond acceptors (Lipinski definition) is 3. The van der Waals surface area contributed by atoms with E-state index in [-0.39, 0.29) is 5.91 Å². The van der Waals surface area contributed by atoms with E-state index in [0.29, 0.717) is 23.5 Å². The molecule has 0 spiro atoms. The molecule has 1 rings (SSSR count). The summed E-state index contributed by atoms with van der Waals surface area (Å²) >= 11 is 0. The van der Waals surface area contributed by atoms with Crippen LogP contribution in [-0.4, -0.2) is 17.4 Å². The predicted octanol–water partition coefficient (Wildman–Crippen LogP) is 1.28. The Morgan fingerprint density at radius 1 is 1.73 bits per heavy atom. The molecule has 0 aliphatic heterocycles. The van der Waals surface area contributed by atoms with E-state index in [0.717, 1.165) is 6.42 Å². The number of nitrogens with one attached hydrogen (secondary N) is 1. The molecule has 0 atom stereocenters. The second-order valence-electron chi connectivity index (χ2n) is 3.23. The summed E-state index contributed by atoms with van der Waals surface area (Å²) in [4.78, 5) is 15.7. The van der Waals surface area contributed by atoms with Crippen molar-refractivity contribution in [3.05, 3.63) is 36.2 Å². The van der Waals surface area contributed by atoms with E-state index >= 15 is 0 Å². The second-order valence-corrected chi connectivity index (χ2v) is 3.23. The first-order chi connectivity index (χ1) is 7.15. The molecule has 0 aliphatic rings. The van der Waals surface area contributed by atoms with Crippen molar-refractivity contribution in [1.82, 2.24) is 10.3 Å². The van der Waals surface area contributed by atoms with Crippen molar-refractivity contribution in [3.8, 4) is 0 Å². The number of anilines is 1. The second kappa shape index (κ2) is 5.14. The maximum absolute atomic E-state index is 11.7.